The molecule has 0 spiro atoms. The van der Waals surface area contributed by atoms with Crippen LogP contribution in [0.1, 0.15) is 10.4 Å². The van der Waals surface area contributed by atoms with Crippen LogP contribution in [0.3, 0.4) is 0 Å². The third-order valence-electron chi connectivity index (χ3n) is 3.38. The molecule has 3 aromatic rings. The maximum atomic E-state index is 14.7. The van der Waals surface area contributed by atoms with Crippen molar-refractivity contribution in [2.75, 3.05) is 5.32 Å². The Morgan fingerprint density at radius 3 is 2.75 bits per heavy atom. The number of carboxylic acids is 1. The van der Waals surface area contributed by atoms with Crippen LogP contribution >= 0.6 is 27.5 Å². The molecule has 2 N–H and O–H groups in total. The van der Waals surface area contributed by atoms with E-state index >= 15 is 0 Å². The molecule has 0 unspecified atom stereocenters. The Kier molecular flexibility index (Phi) is 5.93. The number of hydrogen-bond acceptors (Lipinski definition) is 3. The molecule has 1 aromatic heterocycles. The fourth-order valence-corrected chi connectivity index (χ4v) is 2.96. The van der Waals surface area contributed by atoms with Gasteiger partial charge in [-0.1, -0.05) is 27.5 Å². The summed E-state index contributed by atoms with van der Waals surface area (Å²) >= 11 is 9.38. The van der Waals surface area contributed by atoms with Gasteiger partial charge in [0.25, 0.3) is 0 Å². The van der Waals surface area contributed by atoms with Gasteiger partial charge >= 0.3 is 35.5 Å². The van der Waals surface area contributed by atoms with Crippen molar-refractivity contribution in [2.24, 2.45) is 7.05 Å². The van der Waals surface area contributed by atoms with Crippen LogP contribution in [-0.4, -0.2) is 50.2 Å². The quantitative estimate of drug-likeness (QED) is 0.628. The van der Waals surface area contributed by atoms with Crippen LogP contribution in [0.25, 0.3) is 11.0 Å². The first kappa shape index (κ1) is 19.2. The average molecular weight is 423 g/mol. The molecule has 9 heteroatoms. The number of rotatable bonds is 3. The number of carbonyl (C=O) groups is 1. The first-order chi connectivity index (χ1) is 10.9. The van der Waals surface area contributed by atoms with Gasteiger partial charge in [0.2, 0.25) is 0 Å². The Hall–Kier alpha value is -1.12. The summed E-state index contributed by atoms with van der Waals surface area (Å²) in [7, 11) is 1.67. The number of carboxylic acid groups (broad SMARTS) is 1. The van der Waals surface area contributed by atoms with Crippen LogP contribution in [0.15, 0.2) is 35.1 Å². The van der Waals surface area contributed by atoms with Gasteiger partial charge in [-0.2, -0.15) is 0 Å². The minimum atomic E-state index is -1.25. The van der Waals surface area contributed by atoms with Gasteiger partial charge in [0.1, 0.15) is 5.52 Å². The van der Waals surface area contributed by atoms with Crippen molar-refractivity contribution in [1.82, 2.24) is 9.55 Å². The van der Waals surface area contributed by atoms with Gasteiger partial charge in [-0.3, -0.25) is 0 Å². The van der Waals surface area contributed by atoms with Crippen molar-refractivity contribution in [3.05, 3.63) is 51.5 Å². The van der Waals surface area contributed by atoms with Crippen LogP contribution in [0.2, 0.25) is 5.02 Å². The van der Waals surface area contributed by atoms with Crippen molar-refractivity contribution in [2.45, 2.75) is 0 Å². The van der Waals surface area contributed by atoms with Crippen molar-refractivity contribution in [3.8, 4) is 0 Å². The van der Waals surface area contributed by atoms with E-state index < -0.39 is 11.8 Å². The summed E-state index contributed by atoms with van der Waals surface area (Å²) in [5.74, 6) is -1.98. The van der Waals surface area contributed by atoms with Gasteiger partial charge in [-0.15, -0.1) is 0 Å². The third-order valence-corrected chi connectivity index (χ3v) is 4.19. The number of aryl methyl sites for hydroxylation is 1. The summed E-state index contributed by atoms with van der Waals surface area (Å²) in [6.45, 7) is 0. The molecular formula is C15H11BrClFN3NaO2. The Morgan fingerprint density at radius 1 is 1.42 bits per heavy atom. The number of imidazole rings is 1. The molecule has 1 heterocycles. The topological polar surface area (TPSA) is 67.2 Å². The summed E-state index contributed by atoms with van der Waals surface area (Å²) in [4.78, 5) is 15.5. The molecule has 0 saturated carbocycles. The van der Waals surface area contributed by atoms with Crippen LogP contribution < -0.4 is 5.32 Å². The standard InChI is InChI=1S/C15H10BrClFN3O2.Na.H/c1-21-6-19-14-11(21)5-8(15(22)23)13(12(14)18)20-10-3-2-7(16)4-9(10)17;;/h2-6,20H,1H3,(H,22,23);;. The van der Waals surface area contributed by atoms with Crippen molar-refractivity contribution < 1.29 is 14.3 Å². The van der Waals surface area contributed by atoms with Crippen LogP contribution in [0, 0.1) is 5.82 Å². The molecule has 0 aliphatic carbocycles. The molecule has 0 aliphatic rings. The fraction of sp³-hybridized carbons (Fsp3) is 0.0667. The van der Waals surface area contributed by atoms with Gasteiger partial charge in [-0.05, 0) is 24.3 Å². The molecule has 2 aromatic carbocycles. The van der Waals surface area contributed by atoms with E-state index in [0.29, 0.717) is 16.2 Å². The van der Waals surface area contributed by atoms with Gasteiger partial charge in [0.15, 0.2) is 5.82 Å². The minimum absolute atomic E-state index is 0. The van der Waals surface area contributed by atoms with Gasteiger partial charge in [-0.25, -0.2) is 14.2 Å². The summed E-state index contributed by atoms with van der Waals surface area (Å²) in [6, 6.07) is 6.34. The summed E-state index contributed by atoms with van der Waals surface area (Å²) in [5.41, 5.74) is 0.512. The zero-order valence-electron chi connectivity index (χ0n) is 11.8. The van der Waals surface area contributed by atoms with Gasteiger partial charge in [0, 0.05) is 11.5 Å². The van der Waals surface area contributed by atoms with Crippen LogP contribution in [0.5, 0.6) is 0 Å². The number of nitrogens with one attached hydrogen (secondary N) is 1. The number of halogens is 3. The van der Waals surface area contributed by atoms with E-state index in [4.69, 9.17) is 11.6 Å². The molecule has 0 bridgehead atoms. The van der Waals surface area contributed by atoms with E-state index in [1.165, 1.54) is 12.4 Å². The zero-order valence-corrected chi connectivity index (χ0v) is 14.1. The first-order valence-electron chi connectivity index (χ1n) is 6.47. The van der Waals surface area contributed by atoms with Crippen molar-refractivity contribution >= 4 is 85.5 Å². The molecule has 0 radical (unpaired) electrons. The number of nitrogens with zero attached hydrogens (tertiary/aromatic N) is 2. The average Bonchev–Trinajstić information content (AvgIpc) is 2.85. The monoisotopic (exact) mass is 421 g/mol. The zero-order chi connectivity index (χ0) is 16.7. The van der Waals surface area contributed by atoms with E-state index in [-0.39, 0.29) is 46.3 Å². The Morgan fingerprint density at radius 2 is 2.12 bits per heavy atom. The SMILES string of the molecule is Cn1cnc2c(F)c(Nc3ccc(Br)cc3Cl)c(C(=O)O)cc21.[NaH]. The number of hydrogen-bond donors (Lipinski definition) is 2. The first-order valence-corrected chi connectivity index (χ1v) is 7.64. The Labute approximate surface area is 172 Å². The maximum absolute atomic E-state index is 14.7. The molecule has 0 aliphatic heterocycles. The Bertz CT molecular complexity index is 948. The second-order valence-electron chi connectivity index (χ2n) is 4.89. The normalized spacial score (nSPS) is 10.5. The van der Waals surface area contributed by atoms with E-state index in [0.717, 1.165) is 4.47 Å². The second kappa shape index (κ2) is 7.41. The van der Waals surface area contributed by atoms with Gasteiger partial charge < -0.3 is 15.0 Å². The summed E-state index contributed by atoms with van der Waals surface area (Å²) in [5, 5.41) is 12.5. The van der Waals surface area contributed by atoms with E-state index in [9.17, 15) is 14.3 Å². The van der Waals surface area contributed by atoms with Gasteiger partial charge in [0.05, 0.1) is 33.8 Å². The van der Waals surface area contributed by atoms with E-state index in [1.807, 2.05) is 0 Å². The Balaban J connectivity index is 0.00000208. The van der Waals surface area contributed by atoms with E-state index in [1.54, 1.807) is 29.8 Å². The fourth-order valence-electron chi connectivity index (χ4n) is 2.24. The number of aromatic nitrogens is 2. The number of benzene rings is 2. The third kappa shape index (κ3) is 3.45. The molecule has 0 atom stereocenters. The number of fused-ring (bicyclic) bond motifs is 1. The molecule has 3 rings (SSSR count). The predicted octanol–water partition coefficient (Wildman–Crippen LogP) is 3.92. The van der Waals surface area contributed by atoms with Crippen LogP contribution in [0.4, 0.5) is 15.8 Å². The summed E-state index contributed by atoms with van der Waals surface area (Å²) in [6.07, 6.45) is 1.43. The molecule has 120 valence electrons. The van der Waals surface area contributed by atoms with E-state index in [2.05, 4.69) is 26.2 Å². The van der Waals surface area contributed by atoms with Crippen molar-refractivity contribution in [1.29, 1.82) is 0 Å². The summed E-state index contributed by atoms with van der Waals surface area (Å²) < 4.78 is 17.1. The second-order valence-corrected chi connectivity index (χ2v) is 6.21. The molecule has 5 nitrogen and oxygen atoms in total. The van der Waals surface area contributed by atoms with Crippen LogP contribution in [-0.2, 0) is 7.05 Å². The molecule has 0 fully saturated rings. The number of anilines is 2. The predicted molar refractivity (Wildman–Crippen MR) is 97.2 cm³/mol. The molecule has 0 saturated heterocycles. The number of aromatic carboxylic acids is 1. The van der Waals surface area contributed by atoms with Crippen molar-refractivity contribution in [3.63, 3.8) is 0 Å². The molecular weight excluding hydrogens is 412 g/mol. The molecule has 24 heavy (non-hydrogen) atoms. The molecule has 0 amide bonds.